The summed E-state index contributed by atoms with van der Waals surface area (Å²) in [6.07, 6.45) is -4.35. The van der Waals surface area contributed by atoms with Crippen molar-refractivity contribution in [3.8, 4) is 0 Å². The third-order valence-electron chi connectivity index (χ3n) is 6.15. The molecule has 1 unspecified atom stereocenters. The second-order valence-electron chi connectivity index (χ2n) is 9.53. The van der Waals surface area contributed by atoms with Crippen LogP contribution in [0.15, 0.2) is 89.8 Å². The molecule has 0 heterocycles. The Bertz CT molecular complexity index is 1400. The smallest absolute Gasteiger partial charge is 0.352 e. The molecule has 11 heteroatoms. The largest absolute Gasteiger partial charge is 0.416 e. The van der Waals surface area contributed by atoms with Crippen molar-refractivity contribution in [1.29, 1.82) is 0 Å². The van der Waals surface area contributed by atoms with Crippen molar-refractivity contribution < 1.29 is 31.2 Å². The zero-order chi connectivity index (χ0) is 29.5. The van der Waals surface area contributed by atoms with Gasteiger partial charge in [-0.15, -0.1) is 0 Å². The van der Waals surface area contributed by atoms with Crippen molar-refractivity contribution in [2.45, 2.75) is 50.3 Å². The highest BCUT2D eigenvalue weighted by Crippen LogP contribution is 2.33. The summed E-state index contributed by atoms with van der Waals surface area (Å²) in [5.41, 5.74) is -0.492. The fourth-order valence-electron chi connectivity index (χ4n) is 4.06. The first-order valence-electron chi connectivity index (χ1n) is 12.7. The number of carbonyl (C=O) groups is 2. The number of sulfonamides is 1. The van der Waals surface area contributed by atoms with E-state index in [4.69, 9.17) is 0 Å². The molecule has 0 aromatic heterocycles. The van der Waals surface area contributed by atoms with Crippen LogP contribution in [-0.4, -0.2) is 50.3 Å². The maximum atomic E-state index is 13.8. The van der Waals surface area contributed by atoms with Gasteiger partial charge >= 0.3 is 6.18 Å². The fraction of sp³-hybridized carbons (Fsp3) is 0.310. The summed E-state index contributed by atoms with van der Waals surface area (Å²) in [5, 5.41) is 2.75. The van der Waals surface area contributed by atoms with Crippen LogP contribution < -0.4 is 9.62 Å². The van der Waals surface area contributed by atoms with E-state index in [0.717, 1.165) is 17.7 Å². The molecule has 40 heavy (non-hydrogen) atoms. The number of amides is 2. The monoisotopic (exact) mass is 575 g/mol. The third-order valence-corrected chi connectivity index (χ3v) is 7.94. The summed E-state index contributed by atoms with van der Waals surface area (Å²) < 4.78 is 68.5. The van der Waals surface area contributed by atoms with Crippen LogP contribution in [0.1, 0.15) is 31.9 Å². The SMILES string of the molecule is CC(C)NC(=O)C(C)N(CCc1ccccc1)C(=O)CN(c1cccc(C(F)(F)F)c1)S(=O)(=O)c1ccccc1. The van der Waals surface area contributed by atoms with Crippen LogP contribution in [0.5, 0.6) is 0 Å². The summed E-state index contributed by atoms with van der Waals surface area (Å²) in [4.78, 5) is 27.7. The number of nitrogens with zero attached hydrogens (tertiary/aromatic N) is 2. The van der Waals surface area contributed by atoms with Gasteiger partial charge < -0.3 is 10.2 Å². The first-order valence-corrected chi connectivity index (χ1v) is 14.1. The molecule has 0 aliphatic rings. The van der Waals surface area contributed by atoms with Gasteiger partial charge in [-0.05, 0) is 63.1 Å². The predicted octanol–water partition coefficient (Wildman–Crippen LogP) is 4.89. The number of carbonyl (C=O) groups excluding carboxylic acids is 2. The Kier molecular flexibility index (Phi) is 9.97. The van der Waals surface area contributed by atoms with Crippen LogP contribution >= 0.6 is 0 Å². The van der Waals surface area contributed by atoms with E-state index in [2.05, 4.69) is 5.32 Å². The van der Waals surface area contributed by atoms with Gasteiger partial charge in [0.15, 0.2) is 0 Å². The molecule has 0 aliphatic heterocycles. The fourth-order valence-corrected chi connectivity index (χ4v) is 5.49. The molecule has 0 saturated carbocycles. The normalized spacial score (nSPS) is 12.6. The standard InChI is InChI=1S/C29H32F3N3O4S/c1-21(2)33-28(37)22(3)34(18-17-23-11-6-4-7-12-23)27(36)20-35(40(38,39)26-15-8-5-9-16-26)25-14-10-13-24(19-25)29(30,31)32/h4-16,19,21-22H,17-18,20H2,1-3H3,(H,33,37). The van der Waals surface area contributed by atoms with Crippen LogP contribution in [0, 0.1) is 0 Å². The summed E-state index contributed by atoms with van der Waals surface area (Å²) in [6.45, 7) is 4.33. The Morgan fingerprint density at radius 2 is 1.48 bits per heavy atom. The molecule has 3 aromatic rings. The van der Waals surface area contributed by atoms with Gasteiger partial charge in [0.2, 0.25) is 11.8 Å². The van der Waals surface area contributed by atoms with E-state index in [1.165, 1.54) is 42.2 Å². The van der Waals surface area contributed by atoms with Gasteiger partial charge in [0.05, 0.1) is 16.1 Å². The summed E-state index contributed by atoms with van der Waals surface area (Å²) in [6, 6.07) is 19.0. The van der Waals surface area contributed by atoms with Crippen molar-refractivity contribution in [3.05, 3.63) is 96.1 Å². The quantitative estimate of drug-likeness (QED) is 0.353. The molecule has 0 fully saturated rings. The topological polar surface area (TPSA) is 86.8 Å². The summed E-state index contributed by atoms with van der Waals surface area (Å²) >= 11 is 0. The molecule has 1 N–H and O–H groups in total. The van der Waals surface area contributed by atoms with Crippen LogP contribution in [0.2, 0.25) is 0 Å². The molecule has 0 saturated heterocycles. The lowest BCUT2D eigenvalue weighted by molar-refractivity contribution is -0.139. The van der Waals surface area contributed by atoms with Crippen molar-refractivity contribution >= 4 is 27.5 Å². The minimum Gasteiger partial charge on any atom is -0.352 e. The van der Waals surface area contributed by atoms with Gasteiger partial charge in [-0.2, -0.15) is 13.2 Å². The minimum atomic E-state index is -4.73. The van der Waals surface area contributed by atoms with E-state index in [9.17, 15) is 31.2 Å². The second-order valence-corrected chi connectivity index (χ2v) is 11.4. The predicted molar refractivity (Wildman–Crippen MR) is 147 cm³/mol. The van der Waals surface area contributed by atoms with Gasteiger partial charge in [0.25, 0.3) is 10.0 Å². The highest BCUT2D eigenvalue weighted by atomic mass is 32.2. The Labute approximate surface area is 232 Å². The minimum absolute atomic E-state index is 0.0807. The van der Waals surface area contributed by atoms with Gasteiger partial charge in [0.1, 0.15) is 12.6 Å². The molecule has 0 bridgehead atoms. The van der Waals surface area contributed by atoms with Gasteiger partial charge in [-0.25, -0.2) is 8.42 Å². The van der Waals surface area contributed by atoms with Crippen LogP contribution in [0.25, 0.3) is 0 Å². The molecular formula is C29H32F3N3O4S. The first-order chi connectivity index (χ1) is 18.8. The van der Waals surface area contributed by atoms with E-state index in [-0.39, 0.29) is 23.2 Å². The van der Waals surface area contributed by atoms with Crippen LogP contribution in [0.3, 0.4) is 0 Å². The number of hydrogen-bond acceptors (Lipinski definition) is 4. The van der Waals surface area contributed by atoms with E-state index in [1.54, 1.807) is 19.9 Å². The number of nitrogens with one attached hydrogen (secondary N) is 1. The highest BCUT2D eigenvalue weighted by molar-refractivity contribution is 7.92. The lowest BCUT2D eigenvalue weighted by atomic mass is 10.1. The van der Waals surface area contributed by atoms with E-state index in [0.29, 0.717) is 16.8 Å². The van der Waals surface area contributed by atoms with Gasteiger partial charge in [0, 0.05) is 12.6 Å². The molecule has 0 radical (unpaired) electrons. The lowest BCUT2D eigenvalue weighted by Gasteiger charge is -2.32. The molecular weight excluding hydrogens is 543 g/mol. The Morgan fingerprint density at radius 3 is 2.05 bits per heavy atom. The van der Waals surface area contributed by atoms with Crippen LogP contribution in [0.4, 0.5) is 18.9 Å². The Balaban J connectivity index is 2.03. The van der Waals surface area contributed by atoms with E-state index < -0.39 is 46.2 Å². The molecule has 1 atom stereocenters. The maximum Gasteiger partial charge on any atom is 0.416 e. The van der Waals surface area contributed by atoms with Crippen molar-refractivity contribution in [1.82, 2.24) is 10.2 Å². The molecule has 214 valence electrons. The summed E-state index contributed by atoms with van der Waals surface area (Å²) in [7, 11) is -4.46. The number of alkyl halides is 3. The van der Waals surface area contributed by atoms with Gasteiger partial charge in [-0.3, -0.25) is 13.9 Å². The zero-order valence-corrected chi connectivity index (χ0v) is 23.2. The molecule has 2 amide bonds. The molecule has 0 aliphatic carbocycles. The number of halogens is 3. The molecule has 3 aromatic carbocycles. The first kappa shape index (κ1) is 30.7. The zero-order valence-electron chi connectivity index (χ0n) is 22.4. The van der Waals surface area contributed by atoms with Crippen molar-refractivity contribution in [2.24, 2.45) is 0 Å². The Morgan fingerprint density at radius 1 is 0.875 bits per heavy atom. The maximum absolute atomic E-state index is 13.8. The lowest BCUT2D eigenvalue weighted by Crippen LogP contribution is -2.53. The molecule has 3 rings (SSSR count). The third kappa shape index (κ3) is 7.84. The average molecular weight is 576 g/mol. The van der Waals surface area contributed by atoms with Crippen LogP contribution in [-0.2, 0) is 32.2 Å². The van der Waals surface area contributed by atoms with E-state index in [1.807, 2.05) is 30.3 Å². The average Bonchev–Trinajstić information content (AvgIpc) is 2.92. The number of anilines is 1. The van der Waals surface area contributed by atoms with Crippen molar-refractivity contribution in [3.63, 3.8) is 0 Å². The number of benzene rings is 3. The van der Waals surface area contributed by atoms with Gasteiger partial charge in [-0.1, -0.05) is 54.6 Å². The second kappa shape index (κ2) is 13.0. The number of hydrogen-bond donors (Lipinski definition) is 1. The summed E-state index contributed by atoms with van der Waals surface area (Å²) in [5.74, 6) is -1.17. The highest BCUT2D eigenvalue weighted by Gasteiger charge is 2.35. The Hall–Kier alpha value is -3.86. The number of rotatable bonds is 11. The molecule has 0 spiro atoms. The van der Waals surface area contributed by atoms with E-state index >= 15 is 0 Å². The molecule has 7 nitrogen and oxygen atoms in total. The van der Waals surface area contributed by atoms with Crippen molar-refractivity contribution in [2.75, 3.05) is 17.4 Å².